The Morgan fingerprint density at radius 1 is 1.07 bits per heavy atom. The van der Waals surface area contributed by atoms with E-state index in [9.17, 15) is 9.59 Å². The first kappa shape index (κ1) is 21.1. The number of nitrogens with one attached hydrogen (secondary N) is 2. The summed E-state index contributed by atoms with van der Waals surface area (Å²) in [7, 11) is 3.37. The van der Waals surface area contributed by atoms with Gasteiger partial charge in [-0.15, -0.1) is 0 Å². The molecule has 0 aliphatic carbocycles. The molecule has 0 saturated heterocycles. The Morgan fingerprint density at radius 3 is 2.50 bits per heavy atom. The third kappa shape index (κ3) is 4.51. The molecular formula is C23H26N4O3. The Hall–Kier alpha value is -3.61. The molecule has 30 heavy (non-hydrogen) atoms. The molecule has 0 atom stereocenters. The van der Waals surface area contributed by atoms with Crippen molar-refractivity contribution in [3.8, 4) is 5.88 Å². The molecule has 7 nitrogen and oxygen atoms in total. The van der Waals surface area contributed by atoms with Crippen LogP contribution >= 0.6 is 0 Å². The van der Waals surface area contributed by atoms with Gasteiger partial charge in [-0.1, -0.05) is 6.07 Å². The zero-order valence-corrected chi connectivity index (χ0v) is 17.9. The Kier molecular flexibility index (Phi) is 6.20. The second-order valence-corrected chi connectivity index (χ2v) is 7.24. The fourth-order valence-corrected chi connectivity index (χ4v) is 3.26. The lowest BCUT2D eigenvalue weighted by Gasteiger charge is -2.14. The number of carbonyl (C=O) groups is 2. The molecule has 156 valence electrons. The van der Waals surface area contributed by atoms with Gasteiger partial charge in [0.2, 0.25) is 5.88 Å². The zero-order valence-electron chi connectivity index (χ0n) is 17.9. The highest BCUT2D eigenvalue weighted by molar-refractivity contribution is 6.04. The van der Waals surface area contributed by atoms with Gasteiger partial charge in [0.15, 0.2) is 0 Å². The van der Waals surface area contributed by atoms with Crippen molar-refractivity contribution in [3.63, 3.8) is 0 Å². The van der Waals surface area contributed by atoms with E-state index < -0.39 is 0 Å². The van der Waals surface area contributed by atoms with Gasteiger partial charge in [-0.25, -0.2) is 4.98 Å². The van der Waals surface area contributed by atoms with E-state index in [-0.39, 0.29) is 11.8 Å². The first-order valence-corrected chi connectivity index (χ1v) is 9.62. The molecule has 1 aromatic carbocycles. The van der Waals surface area contributed by atoms with E-state index >= 15 is 0 Å². The fraction of sp³-hybridized carbons (Fsp3) is 0.261. The van der Waals surface area contributed by atoms with Crippen molar-refractivity contribution in [3.05, 3.63) is 76.2 Å². The summed E-state index contributed by atoms with van der Waals surface area (Å²) in [5, 5.41) is 5.80. The maximum atomic E-state index is 12.7. The molecule has 2 amide bonds. The van der Waals surface area contributed by atoms with Crippen molar-refractivity contribution in [2.24, 2.45) is 7.05 Å². The van der Waals surface area contributed by atoms with Gasteiger partial charge in [0.1, 0.15) is 5.69 Å². The van der Waals surface area contributed by atoms with Crippen molar-refractivity contribution in [2.75, 3.05) is 12.4 Å². The summed E-state index contributed by atoms with van der Waals surface area (Å²) in [6.45, 7) is 6.03. The SMILES string of the molecule is COc1nc(C)cc(C)c1CNC(=O)c1ccc(C)c(NC(=O)c2cccn2C)c1. The van der Waals surface area contributed by atoms with Crippen LogP contribution < -0.4 is 15.4 Å². The normalized spacial score (nSPS) is 10.6. The number of hydrogen-bond acceptors (Lipinski definition) is 4. The number of amides is 2. The summed E-state index contributed by atoms with van der Waals surface area (Å²) in [5.41, 5.74) is 5.16. The number of benzene rings is 1. The fourth-order valence-electron chi connectivity index (χ4n) is 3.26. The minimum atomic E-state index is -0.244. The molecular weight excluding hydrogens is 380 g/mol. The Labute approximate surface area is 176 Å². The number of rotatable bonds is 6. The summed E-state index contributed by atoms with van der Waals surface area (Å²) >= 11 is 0. The van der Waals surface area contributed by atoms with E-state index in [1.807, 2.05) is 52.2 Å². The van der Waals surface area contributed by atoms with Gasteiger partial charge in [-0.2, -0.15) is 0 Å². The molecule has 2 N–H and O–H groups in total. The topological polar surface area (TPSA) is 85.2 Å². The van der Waals surface area contributed by atoms with Crippen LogP contribution in [0.25, 0.3) is 0 Å². The number of anilines is 1. The third-order valence-electron chi connectivity index (χ3n) is 4.98. The highest BCUT2D eigenvalue weighted by atomic mass is 16.5. The minimum Gasteiger partial charge on any atom is -0.481 e. The predicted molar refractivity (Wildman–Crippen MR) is 116 cm³/mol. The average Bonchev–Trinajstić information content (AvgIpc) is 3.14. The molecule has 2 aromatic heterocycles. The molecule has 3 rings (SSSR count). The van der Waals surface area contributed by atoms with Gasteiger partial charge < -0.3 is 19.9 Å². The molecule has 3 aromatic rings. The van der Waals surface area contributed by atoms with Crippen molar-refractivity contribution < 1.29 is 14.3 Å². The standard InChI is InChI=1S/C23H26N4O3/c1-14-8-9-17(12-19(14)26-22(29)20-7-6-10-27(20)4)21(28)24-13-18-15(2)11-16(3)25-23(18)30-5/h6-12H,13H2,1-5H3,(H,24,28)(H,26,29). The summed E-state index contributed by atoms with van der Waals surface area (Å²) in [5.74, 6) is 0.0351. The lowest BCUT2D eigenvalue weighted by Crippen LogP contribution is -2.24. The van der Waals surface area contributed by atoms with Gasteiger partial charge in [0.25, 0.3) is 11.8 Å². The Balaban J connectivity index is 1.75. The third-order valence-corrected chi connectivity index (χ3v) is 4.98. The van der Waals surface area contributed by atoms with Crippen molar-refractivity contribution >= 4 is 17.5 Å². The van der Waals surface area contributed by atoms with Crippen LogP contribution in [0.15, 0.2) is 42.6 Å². The minimum absolute atomic E-state index is 0.228. The van der Waals surface area contributed by atoms with Gasteiger partial charge in [-0.05, 0) is 62.2 Å². The van der Waals surface area contributed by atoms with E-state index in [1.54, 1.807) is 29.9 Å². The zero-order chi connectivity index (χ0) is 21.8. The second kappa shape index (κ2) is 8.82. The molecule has 2 heterocycles. The summed E-state index contributed by atoms with van der Waals surface area (Å²) in [6.07, 6.45) is 1.81. The number of hydrogen-bond donors (Lipinski definition) is 2. The van der Waals surface area contributed by atoms with E-state index in [4.69, 9.17) is 4.74 Å². The molecule has 0 bridgehead atoms. The number of carbonyl (C=O) groups excluding carboxylic acids is 2. The maximum Gasteiger partial charge on any atom is 0.272 e. The van der Waals surface area contributed by atoms with Crippen LogP contribution in [0, 0.1) is 20.8 Å². The van der Waals surface area contributed by atoms with Crippen molar-refractivity contribution in [1.29, 1.82) is 0 Å². The van der Waals surface area contributed by atoms with Crippen LogP contribution in [0.3, 0.4) is 0 Å². The number of aryl methyl sites for hydroxylation is 4. The largest absolute Gasteiger partial charge is 0.481 e. The Bertz CT molecular complexity index is 1100. The number of methoxy groups -OCH3 is 1. The molecule has 0 spiro atoms. The number of ether oxygens (including phenoxy) is 1. The summed E-state index contributed by atoms with van der Waals surface area (Å²) < 4.78 is 7.10. The van der Waals surface area contributed by atoms with Crippen molar-refractivity contribution in [1.82, 2.24) is 14.9 Å². The van der Waals surface area contributed by atoms with Gasteiger partial charge >= 0.3 is 0 Å². The second-order valence-electron chi connectivity index (χ2n) is 7.24. The van der Waals surface area contributed by atoms with Gasteiger partial charge in [0, 0.05) is 42.3 Å². The maximum absolute atomic E-state index is 12.7. The van der Waals surface area contributed by atoms with Crippen LogP contribution in [0.5, 0.6) is 5.88 Å². The summed E-state index contributed by atoms with van der Waals surface area (Å²) in [4.78, 5) is 29.6. The molecule has 0 aliphatic heterocycles. The van der Waals surface area contributed by atoms with Crippen molar-refractivity contribution in [2.45, 2.75) is 27.3 Å². The van der Waals surface area contributed by atoms with E-state index in [1.165, 1.54) is 0 Å². The highest BCUT2D eigenvalue weighted by Crippen LogP contribution is 2.21. The predicted octanol–water partition coefficient (Wildman–Crippen LogP) is 3.54. The van der Waals surface area contributed by atoms with E-state index in [2.05, 4.69) is 15.6 Å². The van der Waals surface area contributed by atoms with Gasteiger partial charge in [0.05, 0.1) is 7.11 Å². The number of aromatic nitrogens is 2. The Morgan fingerprint density at radius 2 is 1.83 bits per heavy atom. The molecule has 7 heteroatoms. The van der Waals surface area contributed by atoms with E-state index in [0.717, 1.165) is 22.4 Å². The monoisotopic (exact) mass is 406 g/mol. The first-order valence-electron chi connectivity index (χ1n) is 9.62. The molecule has 0 fully saturated rings. The highest BCUT2D eigenvalue weighted by Gasteiger charge is 2.15. The quantitative estimate of drug-likeness (QED) is 0.656. The molecule has 0 radical (unpaired) electrons. The lowest BCUT2D eigenvalue weighted by atomic mass is 10.1. The smallest absolute Gasteiger partial charge is 0.272 e. The van der Waals surface area contributed by atoms with E-state index in [0.29, 0.717) is 29.4 Å². The number of nitrogens with zero attached hydrogens (tertiary/aromatic N) is 2. The average molecular weight is 406 g/mol. The molecule has 0 saturated carbocycles. The van der Waals surface area contributed by atoms with Crippen LogP contribution in [-0.4, -0.2) is 28.5 Å². The number of pyridine rings is 1. The molecule has 0 unspecified atom stereocenters. The van der Waals surface area contributed by atoms with Crippen LogP contribution in [-0.2, 0) is 13.6 Å². The lowest BCUT2D eigenvalue weighted by molar-refractivity contribution is 0.0949. The molecule has 0 aliphatic rings. The van der Waals surface area contributed by atoms with Crippen LogP contribution in [0.1, 0.15) is 43.2 Å². The summed E-state index contributed by atoms with van der Waals surface area (Å²) in [6, 6.07) is 10.7. The first-order chi connectivity index (χ1) is 14.3. The van der Waals surface area contributed by atoms with Crippen LogP contribution in [0.4, 0.5) is 5.69 Å². The van der Waals surface area contributed by atoms with Gasteiger partial charge in [-0.3, -0.25) is 9.59 Å². The van der Waals surface area contributed by atoms with Crippen LogP contribution in [0.2, 0.25) is 0 Å².